The molecule has 1 aromatic rings. The second kappa shape index (κ2) is 6.80. The topological polar surface area (TPSA) is 22.1 Å². The highest BCUT2D eigenvalue weighted by Gasteiger charge is 2.59. The fourth-order valence-electron chi connectivity index (χ4n) is 7.70. The van der Waals surface area contributed by atoms with Crippen LogP contribution < -0.4 is 0 Å². The number of allylic oxidation sites excluding steroid dienone is 3. The SMILES string of the molecule is CCC1C=C2CC(OC)CC[C@]2(C)[C@@H]2CC[C@]3(C)C(c4cscn4)=CC[C@H]3[C@H]12. The van der Waals surface area contributed by atoms with Crippen molar-refractivity contribution in [2.75, 3.05) is 7.11 Å². The Bertz CT molecular complexity index is 795. The largest absolute Gasteiger partial charge is 0.381 e. The number of rotatable bonds is 3. The summed E-state index contributed by atoms with van der Waals surface area (Å²) in [5.41, 5.74) is 7.24. The fraction of sp³-hybridized carbons (Fsp3) is 0.720. The molecule has 0 spiro atoms. The van der Waals surface area contributed by atoms with E-state index in [9.17, 15) is 0 Å². The molecule has 2 saturated carbocycles. The van der Waals surface area contributed by atoms with Gasteiger partial charge in [-0.2, -0.15) is 0 Å². The van der Waals surface area contributed by atoms with E-state index in [1.54, 1.807) is 22.5 Å². The lowest BCUT2D eigenvalue weighted by molar-refractivity contribution is -0.0508. The lowest BCUT2D eigenvalue weighted by Gasteiger charge is -2.60. The number of aromatic nitrogens is 1. The highest BCUT2D eigenvalue weighted by molar-refractivity contribution is 7.07. The van der Waals surface area contributed by atoms with Crippen molar-refractivity contribution in [3.8, 4) is 0 Å². The van der Waals surface area contributed by atoms with Gasteiger partial charge in [0.25, 0.3) is 0 Å². The Morgan fingerprint density at radius 3 is 2.71 bits per heavy atom. The van der Waals surface area contributed by atoms with E-state index in [1.165, 1.54) is 44.2 Å². The minimum absolute atomic E-state index is 0.314. The van der Waals surface area contributed by atoms with E-state index in [0.29, 0.717) is 16.9 Å². The quantitative estimate of drug-likeness (QED) is 0.526. The second-order valence-corrected chi connectivity index (χ2v) is 11.0. The molecule has 1 heterocycles. The van der Waals surface area contributed by atoms with Gasteiger partial charge in [0.2, 0.25) is 0 Å². The number of nitrogens with zero attached hydrogens (tertiary/aromatic N) is 1. The molecule has 0 amide bonds. The van der Waals surface area contributed by atoms with Crippen molar-refractivity contribution < 1.29 is 4.74 Å². The van der Waals surface area contributed by atoms with Gasteiger partial charge in [-0.15, -0.1) is 11.3 Å². The summed E-state index contributed by atoms with van der Waals surface area (Å²) in [6.07, 6.45) is 14.6. The van der Waals surface area contributed by atoms with Crippen LogP contribution in [0.3, 0.4) is 0 Å². The minimum Gasteiger partial charge on any atom is -0.381 e. The molecule has 0 bridgehead atoms. The molecule has 1 aromatic heterocycles. The average Bonchev–Trinajstić information content (AvgIpc) is 3.33. The number of hydrogen-bond donors (Lipinski definition) is 0. The summed E-state index contributed by atoms with van der Waals surface area (Å²) >= 11 is 1.74. The van der Waals surface area contributed by atoms with Crippen LogP contribution in [0.25, 0.3) is 5.57 Å². The Hall–Kier alpha value is -0.930. The average molecular weight is 398 g/mol. The number of hydrogen-bond acceptors (Lipinski definition) is 3. The zero-order valence-electron chi connectivity index (χ0n) is 17.9. The molecule has 0 N–H and O–H groups in total. The summed E-state index contributed by atoms with van der Waals surface area (Å²) in [4.78, 5) is 4.70. The Labute approximate surface area is 174 Å². The highest BCUT2D eigenvalue weighted by Crippen LogP contribution is 2.67. The summed E-state index contributed by atoms with van der Waals surface area (Å²) in [7, 11) is 1.90. The molecule has 152 valence electrons. The van der Waals surface area contributed by atoms with E-state index in [0.717, 1.165) is 30.1 Å². The van der Waals surface area contributed by atoms with Crippen molar-refractivity contribution >= 4 is 16.9 Å². The monoisotopic (exact) mass is 397 g/mol. The summed E-state index contributed by atoms with van der Waals surface area (Å²) < 4.78 is 5.78. The van der Waals surface area contributed by atoms with Crippen LogP contribution in [0.15, 0.2) is 28.6 Å². The molecule has 5 rings (SSSR count). The first-order valence-electron chi connectivity index (χ1n) is 11.3. The van der Waals surface area contributed by atoms with Gasteiger partial charge in [-0.1, -0.05) is 38.5 Å². The molecule has 0 aromatic carbocycles. The van der Waals surface area contributed by atoms with Gasteiger partial charge in [0.05, 0.1) is 17.3 Å². The van der Waals surface area contributed by atoms with Crippen LogP contribution in [0.1, 0.15) is 71.4 Å². The summed E-state index contributed by atoms with van der Waals surface area (Å²) in [6.45, 7) is 7.57. The van der Waals surface area contributed by atoms with Gasteiger partial charge in [-0.25, -0.2) is 4.98 Å². The molecule has 2 unspecified atom stereocenters. The predicted molar refractivity (Wildman–Crippen MR) is 117 cm³/mol. The van der Waals surface area contributed by atoms with Gasteiger partial charge in [0.1, 0.15) is 0 Å². The first-order chi connectivity index (χ1) is 13.5. The van der Waals surface area contributed by atoms with Gasteiger partial charge in [0, 0.05) is 12.5 Å². The summed E-state index contributed by atoms with van der Waals surface area (Å²) in [5.74, 6) is 3.18. The number of methoxy groups -OCH3 is 1. The van der Waals surface area contributed by atoms with Gasteiger partial charge in [-0.3, -0.25) is 0 Å². The van der Waals surface area contributed by atoms with E-state index >= 15 is 0 Å². The van der Waals surface area contributed by atoms with E-state index < -0.39 is 0 Å². The van der Waals surface area contributed by atoms with Crippen LogP contribution in [-0.4, -0.2) is 18.2 Å². The summed E-state index contributed by atoms with van der Waals surface area (Å²) in [5, 5.41) is 2.26. The van der Waals surface area contributed by atoms with Crippen LogP contribution in [0, 0.1) is 34.5 Å². The van der Waals surface area contributed by atoms with Crippen molar-refractivity contribution in [3.05, 3.63) is 34.3 Å². The molecular formula is C25H35NOS. The highest BCUT2D eigenvalue weighted by atomic mass is 32.1. The van der Waals surface area contributed by atoms with Crippen LogP contribution in [0.4, 0.5) is 0 Å². The van der Waals surface area contributed by atoms with Crippen LogP contribution >= 0.6 is 11.3 Å². The number of ether oxygens (including phenoxy) is 1. The van der Waals surface area contributed by atoms with Gasteiger partial charge in [-0.05, 0) is 85.0 Å². The Kier molecular flexibility index (Phi) is 4.63. The van der Waals surface area contributed by atoms with E-state index in [2.05, 4.69) is 38.3 Å². The van der Waals surface area contributed by atoms with Gasteiger partial charge >= 0.3 is 0 Å². The molecule has 0 radical (unpaired) electrons. The maximum atomic E-state index is 5.78. The Morgan fingerprint density at radius 2 is 2.00 bits per heavy atom. The second-order valence-electron chi connectivity index (χ2n) is 10.3. The van der Waals surface area contributed by atoms with Gasteiger partial charge in [0.15, 0.2) is 0 Å². The van der Waals surface area contributed by atoms with Crippen molar-refractivity contribution in [3.63, 3.8) is 0 Å². The van der Waals surface area contributed by atoms with Crippen LogP contribution in [0.5, 0.6) is 0 Å². The molecular weight excluding hydrogens is 362 g/mol. The van der Waals surface area contributed by atoms with E-state index in [-0.39, 0.29) is 0 Å². The molecule has 28 heavy (non-hydrogen) atoms. The van der Waals surface area contributed by atoms with Crippen molar-refractivity contribution in [1.82, 2.24) is 4.98 Å². The molecule has 2 nitrogen and oxygen atoms in total. The van der Waals surface area contributed by atoms with E-state index in [1.807, 2.05) is 12.6 Å². The molecule has 4 aliphatic carbocycles. The first-order valence-corrected chi connectivity index (χ1v) is 12.3. The summed E-state index contributed by atoms with van der Waals surface area (Å²) in [6, 6.07) is 0. The molecule has 0 aliphatic heterocycles. The molecule has 7 atom stereocenters. The normalized spacial score (nSPS) is 44.9. The standard InChI is InChI=1S/C25H35NOS/c1-5-16-12-17-13-18(27-4)8-10-24(17,2)21-9-11-25(3)19(22-14-28-15-26-22)6-7-20(25)23(16)21/h6,12,14-16,18,20-21,23H,5,7-11,13H2,1-4H3/t16?,18?,20-,21+,23-,24-,25+/m0/s1. The third-order valence-corrected chi connectivity index (χ3v) is 9.91. The molecule has 4 aliphatic rings. The lowest BCUT2D eigenvalue weighted by Crippen LogP contribution is -2.52. The minimum atomic E-state index is 0.314. The fourth-order valence-corrected chi connectivity index (χ4v) is 8.25. The zero-order chi connectivity index (χ0) is 19.5. The van der Waals surface area contributed by atoms with Crippen LogP contribution in [0.2, 0.25) is 0 Å². The number of thiazole rings is 1. The van der Waals surface area contributed by atoms with Gasteiger partial charge < -0.3 is 4.74 Å². The third kappa shape index (κ3) is 2.58. The zero-order valence-corrected chi connectivity index (χ0v) is 18.7. The van der Waals surface area contributed by atoms with Crippen molar-refractivity contribution in [1.29, 1.82) is 0 Å². The molecule has 3 heteroatoms. The maximum absolute atomic E-state index is 5.78. The lowest BCUT2D eigenvalue weighted by atomic mass is 9.45. The molecule has 0 saturated heterocycles. The smallest absolute Gasteiger partial charge is 0.0798 e. The predicted octanol–water partition coefficient (Wildman–Crippen LogP) is 6.75. The third-order valence-electron chi connectivity index (χ3n) is 9.32. The van der Waals surface area contributed by atoms with Crippen LogP contribution in [-0.2, 0) is 4.74 Å². The van der Waals surface area contributed by atoms with Crippen molar-refractivity contribution in [2.24, 2.45) is 34.5 Å². The van der Waals surface area contributed by atoms with E-state index in [4.69, 9.17) is 9.72 Å². The number of fused-ring (bicyclic) bond motifs is 5. The molecule has 2 fully saturated rings. The Morgan fingerprint density at radius 1 is 1.18 bits per heavy atom. The Balaban J connectivity index is 1.52. The van der Waals surface area contributed by atoms with Crippen molar-refractivity contribution in [2.45, 2.75) is 71.8 Å². The first kappa shape index (κ1) is 19.1. The maximum Gasteiger partial charge on any atom is 0.0798 e.